The normalized spacial score (nSPS) is 33.9. The second-order valence-corrected chi connectivity index (χ2v) is 5.55. The van der Waals surface area contributed by atoms with E-state index in [4.69, 9.17) is 0 Å². The van der Waals surface area contributed by atoms with Gasteiger partial charge < -0.3 is 4.90 Å². The maximum atomic E-state index is 11.9. The summed E-state index contributed by atoms with van der Waals surface area (Å²) in [7, 11) is 0. The highest BCUT2D eigenvalue weighted by atomic mass is 16.2. The van der Waals surface area contributed by atoms with Crippen LogP contribution in [0.3, 0.4) is 0 Å². The first-order chi connectivity index (χ1) is 6.96. The van der Waals surface area contributed by atoms with Gasteiger partial charge in [-0.15, -0.1) is 0 Å². The van der Waals surface area contributed by atoms with Crippen molar-refractivity contribution < 1.29 is 4.79 Å². The minimum absolute atomic E-state index is 0.00274. The molecule has 2 fully saturated rings. The van der Waals surface area contributed by atoms with Crippen molar-refractivity contribution in [2.75, 3.05) is 6.54 Å². The standard InChI is InChI=1S/C12H22N2O/c1-8(2)12(5-6-12)7-14-10(4)13-9(3)11(14)15/h8-10,13H,5-7H2,1-4H3. The highest BCUT2D eigenvalue weighted by Gasteiger charge is 2.49. The molecule has 0 bridgehead atoms. The average molecular weight is 210 g/mol. The Kier molecular flexibility index (Phi) is 2.53. The second kappa shape index (κ2) is 3.48. The van der Waals surface area contributed by atoms with Gasteiger partial charge in [0.05, 0.1) is 12.2 Å². The number of amides is 1. The molecule has 1 aliphatic carbocycles. The summed E-state index contributed by atoms with van der Waals surface area (Å²) >= 11 is 0. The molecule has 1 heterocycles. The van der Waals surface area contributed by atoms with E-state index in [1.54, 1.807) is 0 Å². The summed E-state index contributed by atoms with van der Waals surface area (Å²) in [5, 5.41) is 3.28. The topological polar surface area (TPSA) is 32.3 Å². The highest BCUT2D eigenvalue weighted by molar-refractivity contribution is 5.83. The zero-order chi connectivity index (χ0) is 11.2. The van der Waals surface area contributed by atoms with Crippen molar-refractivity contribution in [3.63, 3.8) is 0 Å². The molecule has 0 aromatic heterocycles. The first-order valence-corrected chi connectivity index (χ1v) is 6.03. The molecule has 2 rings (SSSR count). The van der Waals surface area contributed by atoms with Crippen molar-refractivity contribution in [2.45, 2.75) is 52.7 Å². The molecule has 1 amide bonds. The van der Waals surface area contributed by atoms with Gasteiger partial charge in [-0.3, -0.25) is 10.1 Å². The summed E-state index contributed by atoms with van der Waals surface area (Å²) in [5.74, 6) is 0.961. The Morgan fingerprint density at radius 2 is 2.07 bits per heavy atom. The molecule has 1 aliphatic heterocycles. The fourth-order valence-electron chi connectivity index (χ4n) is 2.60. The van der Waals surface area contributed by atoms with E-state index < -0.39 is 0 Å². The van der Waals surface area contributed by atoms with E-state index in [1.807, 2.05) is 11.8 Å². The first kappa shape index (κ1) is 10.9. The molecule has 3 heteroatoms. The summed E-state index contributed by atoms with van der Waals surface area (Å²) in [5.41, 5.74) is 0.426. The van der Waals surface area contributed by atoms with Crippen LogP contribution in [0.2, 0.25) is 0 Å². The summed E-state index contributed by atoms with van der Waals surface area (Å²) in [6, 6.07) is 0.00274. The molecule has 0 spiro atoms. The quantitative estimate of drug-likeness (QED) is 0.767. The van der Waals surface area contributed by atoms with Gasteiger partial charge in [0.25, 0.3) is 0 Å². The predicted molar refractivity (Wildman–Crippen MR) is 60.3 cm³/mol. The lowest BCUT2D eigenvalue weighted by atomic mass is 9.91. The van der Waals surface area contributed by atoms with Gasteiger partial charge in [-0.25, -0.2) is 0 Å². The van der Waals surface area contributed by atoms with Gasteiger partial charge in [-0.1, -0.05) is 13.8 Å². The maximum absolute atomic E-state index is 11.9. The van der Waals surface area contributed by atoms with E-state index in [9.17, 15) is 4.79 Å². The largest absolute Gasteiger partial charge is 0.326 e. The lowest BCUT2D eigenvalue weighted by Gasteiger charge is -2.29. The smallest absolute Gasteiger partial charge is 0.240 e. The molecule has 86 valence electrons. The third-order valence-electron chi connectivity index (χ3n) is 4.21. The average Bonchev–Trinajstić information content (AvgIpc) is 2.89. The lowest BCUT2D eigenvalue weighted by molar-refractivity contribution is -0.130. The Morgan fingerprint density at radius 3 is 2.40 bits per heavy atom. The molecule has 0 aromatic rings. The van der Waals surface area contributed by atoms with Crippen molar-refractivity contribution in [1.29, 1.82) is 0 Å². The van der Waals surface area contributed by atoms with Crippen LogP contribution in [0.5, 0.6) is 0 Å². The molecular formula is C12H22N2O. The molecule has 1 saturated carbocycles. The van der Waals surface area contributed by atoms with E-state index in [-0.39, 0.29) is 18.1 Å². The van der Waals surface area contributed by atoms with Gasteiger partial charge in [-0.05, 0) is 38.0 Å². The van der Waals surface area contributed by atoms with Crippen LogP contribution in [0.15, 0.2) is 0 Å². The SMILES string of the molecule is CC1NC(C)N(CC2(C(C)C)CC2)C1=O. The molecule has 15 heavy (non-hydrogen) atoms. The van der Waals surface area contributed by atoms with Gasteiger partial charge in [0.2, 0.25) is 5.91 Å². The van der Waals surface area contributed by atoms with E-state index in [1.165, 1.54) is 12.8 Å². The molecule has 0 aromatic carbocycles. The summed E-state index contributed by atoms with van der Waals surface area (Å²) < 4.78 is 0. The fourth-order valence-corrected chi connectivity index (χ4v) is 2.60. The van der Waals surface area contributed by atoms with Gasteiger partial charge in [0, 0.05) is 6.54 Å². The zero-order valence-electron chi connectivity index (χ0n) is 10.2. The Balaban J connectivity index is 2.03. The van der Waals surface area contributed by atoms with Crippen molar-refractivity contribution in [1.82, 2.24) is 10.2 Å². The summed E-state index contributed by atoms with van der Waals surface area (Å²) in [4.78, 5) is 13.9. The van der Waals surface area contributed by atoms with E-state index in [2.05, 4.69) is 26.1 Å². The van der Waals surface area contributed by atoms with Crippen molar-refractivity contribution >= 4 is 5.91 Å². The number of hydrogen-bond donors (Lipinski definition) is 1. The first-order valence-electron chi connectivity index (χ1n) is 6.03. The van der Waals surface area contributed by atoms with Crippen molar-refractivity contribution in [3.05, 3.63) is 0 Å². The van der Waals surface area contributed by atoms with Crippen molar-refractivity contribution in [3.8, 4) is 0 Å². The second-order valence-electron chi connectivity index (χ2n) is 5.55. The Bertz CT molecular complexity index is 271. The summed E-state index contributed by atoms with van der Waals surface area (Å²) in [6.45, 7) is 9.53. The van der Waals surface area contributed by atoms with Gasteiger partial charge >= 0.3 is 0 Å². The van der Waals surface area contributed by atoms with Crippen LogP contribution in [0.25, 0.3) is 0 Å². The zero-order valence-corrected chi connectivity index (χ0v) is 10.2. The van der Waals surface area contributed by atoms with Crippen LogP contribution < -0.4 is 5.32 Å². The number of rotatable bonds is 3. The maximum Gasteiger partial charge on any atom is 0.240 e. The number of carbonyl (C=O) groups excluding carboxylic acids is 1. The molecule has 1 N–H and O–H groups in total. The molecular weight excluding hydrogens is 188 g/mol. The van der Waals surface area contributed by atoms with Crippen LogP contribution in [-0.2, 0) is 4.79 Å². The molecule has 2 unspecified atom stereocenters. The number of nitrogens with zero attached hydrogens (tertiary/aromatic N) is 1. The molecule has 2 aliphatic rings. The van der Waals surface area contributed by atoms with Gasteiger partial charge in [0.1, 0.15) is 0 Å². The Labute approximate surface area is 92.2 Å². The molecule has 2 atom stereocenters. The number of carbonyl (C=O) groups is 1. The fraction of sp³-hybridized carbons (Fsp3) is 0.917. The Morgan fingerprint density at radius 1 is 1.47 bits per heavy atom. The van der Waals surface area contributed by atoms with Crippen molar-refractivity contribution in [2.24, 2.45) is 11.3 Å². The van der Waals surface area contributed by atoms with E-state index in [0.29, 0.717) is 11.3 Å². The number of nitrogens with one attached hydrogen (secondary N) is 1. The minimum atomic E-state index is 0.00274. The highest BCUT2D eigenvalue weighted by Crippen LogP contribution is 2.52. The monoisotopic (exact) mass is 210 g/mol. The Hall–Kier alpha value is -0.570. The van der Waals surface area contributed by atoms with E-state index >= 15 is 0 Å². The molecule has 3 nitrogen and oxygen atoms in total. The minimum Gasteiger partial charge on any atom is -0.326 e. The van der Waals surface area contributed by atoms with Crippen LogP contribution in [-0.4, -0.2) is 29.6 Å². The van der Waals surface area contributed by atoms with E-state index in [0.717, 1.165) is 6.54 Å². The molecule has 1 saturated heterocycles. The van der Waals surface area contributed by atoms with Crippen LogP contribution >= 0.6 is 0 Å². The van der Waals surface area contributed by atoms with Crippen LogP contribution in [0, 0.1) is 11.3 Å². The number of hydrogen-bond acceptors (Lipinski definition) is 2. The third-order valence-corrected chi connectivity index (χ3v) is 4.21. The molecule has 0 radical (unpaired) electrons. The van der Waals surface area contributed by atoms with Crippen LogP contribution in [0.4, 0.5) is 0 Å². The van der Waals surface area contributed by atoms with Gasteiger partial charge in [-0.2, -0.15) is 0 Å². The van der Waals surface area contributed by atoms with Gasteiger partial charge in [0.15, 0.2) is 0 Å². The van der Waals surface area contributed by atoms with Crippen LogP contribution in [0.1, 0.15) is 40.5 Å². The summed E-state index contributed by atoms with van der Waals surface area (Å²) in [6.07, 6.45) is 2.79. The third kappa shape index (κ3) is 1.78. The predicted octanol–water partition coefficient (Wildman–Crippen LogP) is 1.59. The lowest BCUT2D eigenvalue weighted by Crippen LogP contribution is -2.40.